The lowest BCUT2D eigenvalue weighted by Gasteiger charge is -2.37. The number of alkyl halides is 1. The molecule has 2 fully saturated rings. The Hall–Kier alpha value is -1.76. The number of nitrogens with zero attached hydrogens (tertiary/aromatic N) is 2. The van der Waals surface area contributed by atoms with Crippen molar-refractivity contribution in [3.8, 4) is 0 Å². The maximum absolute atomic E-state index is 12.2. The van der Waals surface area contributed by atoms with Crippen molar-refractivity contribution in [3.63, 3.8) is 0 Å². The van der Waals surface area contributed by atoms with Crippen LogP contribution in [-0.4, -0.2) is 54.0 Å². The van der Waals surface area contributed by atoms with Crippen LogP contribution in [-0.2, 0) is 10.3 Å². The molecule has 1 aromatic rings. The molecule has 1 aliphatic carbocycles. The number of hydrogen-bond acceptors (Lipinski definition) is 4. The number of piperazine rings is 1. The lowest BCUT2D eigenvalue weighted by Crippen LogP contribution is -2.50. The van der Waals surface area contributed by atoms with Crippen LogP contribution in [0, 0.1) is 0 Å². The Kier molecular flexibility index (Phi) is 8.81. The maximum Gasteiger partial charge on any atom is 0.410 e. The fourth-order valence-electron chi connectivity index (χ4n) is 3.67. The van der Waals surface area contributed by atoms with Crippen LogP contribution in [0.25, 0.3) is 0 Å². The van der Waals surface area contributed by atoms with Gasteiger partial charge in [-0.2, -0.15) is 0 Å². The molecule has 0 radical (unpaired) electrons. The minimum atomic E-state index is -0.466. The summed E-state index contributed by atoms with van der Waals surface area (Å²) in [6, 6.07) is 6.11. The average Bonchev–Trinajstić information content (AvgIpc) is 3.42. The highest BCUT2D eigenvalue weighted by Crippen LogP contribution is 2.51. The van der Waals surface area contributed by atoms with E-state index in [0.29, 0.717) is 13.1 Å². The monoisotopic (exact) mass is 495 g/mol. The molecule has 6 nitrogen and oxygen atoms in total. The second-order valence-electron chi connectivity index (χ2n) is 9.19. The highest BCUT2D eigenvalue weighted by molar-refractivity contribution is 9.09. The van der Waals surface area contributed by atoms with Crippen LogP contribution in [0.3, 0.4) is 0 Å². The Labute approximate surface area is 195 Å². The third-order valence-corrected chi connectivity index (χ3v) is 5.16. The van der Waals surface area contributed by atoms with Crippen molar-refractivity contribution in [1.82, 2.24) is 10.2 Å². The van der Waals surface area contributed by atoms with Crippen LogP contribution in [0.2, 0.25) is 0 Å². The van der Waals surface area contributed by atoms with Crippen molar-refractivity contribution in [2.24, 2.45) is 0 Å². The topological polar surface area (TPSA) is 61.9 Å². The molecule has 1 aromatic carbocycles. The minimum absolute atomic E-state index is 0.0498. The Bertz CT molecular complexity index is 762. The van der Waals surface area contributed by atoms with Crippen molar-refractivity contribution >= 4 is 33.6 Å². The molecule has 174 valence electrons. The van der Waals surface area contributed by atoms with Crippen molar-refractivity contribution < 1.29 is 14.3 Å². The molecule has 3 aliphatic rings. The molecule has 2 heterocycles. The van der Waals surface area contributed by atoms with Crippen LogP contribution in [0.15, 0.2) is 18.2 Å². The van der Waals surface area contributed by atoms with Gasteiger partial charge in [0.25, 0.3) is 5.91 Å². The smallest absolute Gasteiger partial charge is 0.410 e. The molecule has 0 bridgehead atoms. The molecule has 0 aromatic heterocycles. The summed E-state index contributed by atoms with van der Waals surface area (Å²) >= 11 is 3.15. The van der Waals surface area contributed by atoms with E-state index in [4.69, 9.17) is 4.74 Å². The number of rotatable bonds is 1. The third-order valence-electron chi connectivity index (χ3n) is 5.16. The van der Waals surface area contributed by atoms with E-state index in [1.807, 2.05) is 39.8 Å². The molecule has 2 aliphatic heterocycles. The Morgan fingerprint density at radius 3 is 2.16 bits per heavy atom. The summed E-state index contributed by atoms with van der Waals surface area (Å²) in [6.07, 6.45) is 3.07. The third kappa shape index (κ3) is 6.61. The molecule has 31 heavy (non-hydrogen) atoms. The van der Waals surface area contributed by atoms with Gasteiger partial charge in [0, 0.05) is 42.8 Å². The van der Waals surface area contributed by atoms with E-state index >= 15 is 0 Å². The van der Waals surface area contributed by atoms with Crippen LogP contribution in [0.5, 0.6) is 0 Å². The second-order valence-corrected chi connectivity index (χ2v) is 10.3. The number of nitrogens with one attached hydrogen (secondary N) is 1. The van der Waals surface area contributed by atoms with Gasteiger partial charge in [-0.15, -0.1) is 0 Å². The van der Waals surface area contributed by atoms with Gasteiger partial charge in [0.1, 0.15) is 5.60 Å². The summed E-state index contributed by atoms with van der Waals surface area (Å²) < 4.78 is 5.45. The lowest BCUT2D eigenvalue weighted by molar-refractivity contribution is 0.0240. The fourth-order valence-corrected chi connectivity index (χ4v) is 3.67. The summed E-state index contributed by atoms with van der Waals surface area (Å²) in [5.74, 6) is 0.0498. The molecule has 7 heteroatoms. The van der Waals surface area contributed by atoms with E-state index < -0.39 is 5.60 Å². The average molecular weight is 496 g/mol. The van der Waals surface area contributed by atoms with Crippen molar-refractivity contribution in [1.29, 1.82) is 0 Å². The first kappa shape index (κ1) is 25.5. The zero-order valence-electron chi connectivity index (χ0n) is 19.9. The van der Waals surface area contributed by atoms with Crippen molar-refractivity contribution in [2.45, 2.75) is 71.9 Å². The highest BCUT2D eigenvalue weighted by Gasteiger charge is 2.52. The summed E-state index contributed by atoms with van der Waals surface area (Å²) in [5, 5.41) is 4.18. The molecule has 4 rings (SSSR count). The second kappa shape index (κ2) is 10.7. The van der Waals surface area contributed by atoms with E-state index in [2.05, 4.69) is 46.1 Å². The highest BCUT2D eigenvalue weighted by atomic mass is 79.9. The van der Waals surface area contributed by atoms with Crippen LogP contribution >= 0.6 is 15.9 Å². The predicted molar refractivity (Wildman–Crippen MR) is 130 cm³/mol. The SMILES string of the molecule is CC(C)(C)OC(=O)N1CCN(c2ccc3c(c2)C2(CC2)NC3=O)CC1.CCBr.CCC. The first-order valence-corrected chi connectivity index (χ1v) is 12.5. The van der Waals surface area contributed by atoms with E-state index in [9.17, 15) is 9.59 Å². The first-order chi connectivity index (χ1) is 14.6. The summed E-state index contributed by atoms with van der Waals surface area (Å²) in [5.41, 5.74) is 2.52. The number of hydrogen-bond donors (Lipinski definition) is 1. The van der Waals surface area contributed by atoms with Gasteiger partial charge < -0.3 is 19.9 Å². The molecular weight excluding hydrogens is 458 g/mol. The fraction of sp³-hybridized carbons (Fsp3) is 0.667. The number of carbonyl (C=O) groups excluding carboxylic acids is 2. The summed E-state index contributed by atoms with van der Waals surface area (Å²) in [7, 11) is 0. The Morgan fingerprint density at radius 1 is 1.13 bits per heavy atom. The van der Waals surface area contributed by atoms with E-state index in [0.717, 1.165) is 48.1 Å². The minimum Gasteiger partial charge on any atom is -0.444 e. The van der Waals surface area contributed by atoms with Gasteiger partial charge in [-0.25, -0.2) is 4.79 Å². The lowest BCUT2D eigenvalue weighted by atomic mass is 10.0. The molecule has 0 atom stereocenters. The molecule has 2 amide bonds. The van der Waals surface area contributed by atoms with Gasteiger partial charge in [-0.1, -0.05) is 43.1 Å². The molecule has 1 N–H and O–H groups in total. The van der Waals surface area contributed by atoms with E-state index in [1.165, 1.54) is 6.42 Å². The van der Waals surface area contributed by atoms with Crippen LogP contribution in [0.1, 0.15) is 76.7 Å². The standard InChI is InChI=1S/C19H25N3O3.C3H8.C2H5Br/c1-18(2,3)25-17(24)22-10-8-21(9-11-22)13-4-5-14-15(12-13)19(6-7-19)20-16(14)23;1-3-2;1-2-3/h4-5,12H,6-11H2,1-3H3,(H,20,23);3H2,1-2H3;2H2,1H3. The zero-order chi connectivity index (χ0) is 23.2. The van der Waals surface area contributed by atoms with Crippen molar-refractivity contribution in [2.75, 3.05) is 36.4 Å². The zero-order valence-corrected chi connectivity index (χ0v) is 21.5. The van der Waals surface area contributed by atoms with E-state index in [1.54, 1.807) is 4.90 Å². The molecule has 0 unspecified atom stereocenters. The maximum atomic E-state index is 12.2. The van der Waals surface area contributed by atoms with Gasteiger partial charge >= 0.3 is 6.09 Å². The summed E-state index contributed by atoms with van der Waals surface area (Å²) in [6.45, 7) is 14.8. The molecule has 1 saturated heterocycles. The van der Waals surface area contributed by atoms with Gasteiger partial charge in [-0.3, -0.25) is 4.79 Å². The number of carbonyl (C=O) groups is 2. The first-order valence-electron chi connectivity index (χ1n) is 11.4. The number of fused-ring (bicyclic) bond motifs is 2. The number of halogens is 1. The van der Waals surface area contributed by atoms with Gasteiger partial charge in [0.05, 0.1) is 5.54 Å². The Morgan fingerprint density at radius 2 is 1.68 bits per heavy atom. The number of anilines is 1. The van der Waals surface area contributed by atoms with E-state index in [-0.39, 0.29) is 17.5 Å². The molecular formula is C24H38BrN3O3. The van der Waals surface area contributed by atoms with Gasteiger partial charge in [0.15, 0.2) is 0 Å². The molecule has 1 spiro atoms. The normalized spacial score (nSPS) is 18.2. The number of benzene rings is 1. The largest absolute Gasteiger partial charge is 0.444 e. The number of amides is 2. The van der Waals surface area contributed by atoms with Crippen LogP contribution < -0.4 is 10.2 Å². The van der Waals surface area contributed by atoms with Gasteiger partial charge in [0.2, 0.25) is 0 Å². The van der Waals surface area contributed by atoms with Crippen LogP contribution in [0.4, 0.5) is 10.5 Å². The Balaban J connectivity index is 0.000000513. The van der Waals surface area contributed by atoms with Gasteiger partial charge in [-0.05, 0) is 57.4 Å². The quantitative estimate of drug-likeness (QED) is 0.537. The summed E-state index contributed by atoms with van der Waals surface area (Å²) in [4.78, 5) is 28.3. The van der Waals surface area contributed by atoms with Crippen molar-refractivity contribution in [3.05, 3.63) is 29.3 Å². The molecule has 1 saturated carbocycles. The predicted octanol–water partition coefficient (Wildman–Crippen LogP) is 5.29. The number of ether oxygens (including phenoxy) is 1.